The van der Waals surface area contributed by atoms with Crippen molar-refractivity contribution in [3.8, 4) is 0 Å². The molecular weight excluding hydrogens is 140 g/mol. The highest BCUT2D eigenvalue weighted by atomic mass is 16.5. The lowest BCUT2D eigenvalue weighted by atomic mass is 10.0. The van der Waals surface area contributed by atoms with Crippen LogP contribution in [0, 0.1) is 5.92 Å². The summed E-state index contributed by atoms with van der Waals surface area (Å²) in [7, 11) is 0. The van der Waals surface area contributed by atoms with Crippen LogP contribution in [0.2, 0.25) is 0 Å². The first-order chi connectivity index (χ1) is 5.35. The van der Waals surface area contributed by atoms with E-state index in [0.29, 0.717) is 12.5 Å². The maximum absolute atomic E-state index is 8.83. The van der Waals surface area contributed by atoms with Gasteiger partial charge in [-0.2, -0.15) is 0 Å². The Balaban J connectivity index is 3.07. The molecule has 0 aromatic heterocycles. The lowest BCUT2D eigenvalue weighted by molar-refractivity contribution is 0.105. The maximum Gasteiger partial charge on any atom is 0.0469 e. The Kier molecular flexibility index (Phi) is 7.96. The third kappa shape index (κ3) is 6.32. The zero-order chi connectivity index (χ0) is 8.53. The molecule has 1 N–H and O–H groups in total. The van der Waals surface area contributed by atoms with Crippen molar-refractivity contribution in [2.45, 2.75) is 33.1 Å². The van der Waals surface area contributed by atoms with Crippen LogP contribution < -0.4 is 0 Å². The minimum Gasteiger partial charge on any atom is -0.396 e. The van der Waals surface area contributed by atoms with Gasteiger partial charge in [0.25, 0.3) is 0 Å². The Morgan fingerprint density at radius 3 is 2.45 bits per heavy atom. The number of ether oxygens (including phenoxy) is 1. The van der Waals surface area contributed by atoms with E-state index < -0.39 is 0 Å². The third-order valence-corrected chi connectivity index (χ3v) is 1.85. The fourth-order valence-corrected chi connectivity index (χ4v) is 0.921. The molecule has 1 atom stereocenters. The van der Waals surface area contributed by atoms with E-state index in [1.807, 2.05) is 0 Å². The maximum atomic E-state index is 8.83. The Bertz CT molecular complexity index is 70.0. The third-order valence-electron chi connectivity index (χ3n) is 1.85. The first-order valence-electron chi connectivity index (χ1n) is 4.53. The van der Waals surface area contributed by atoms with Gasteiger partial charge in [-0.05, 0) is 18.8 Å². The van der Waals surface area contributed by atoms with Crippen LogP contribution in [-0.4, -0.2) is 24.9 Å². The van der Waals surface area contributed by atoms with Crippen molar-refractivity contribution in [1.82, 2.24) is 0 Å². The molecule has 2 nitrogen and oxygen atoms in total. The summed E-state index contributed by atoms with van der Waals surface area (Å²) in [5.41, 5.74) is 0. The van der Waals surface area contributed by atoms with E-state index in [4.69, 9.17) is 9.84 Å². The van der Waals surface area contributed by atoms with Crippen LogP contribution in [0.25, 0.3) is 0 Å². The fraction of sp³-hybridized carbons (Fsp3) is 1.00. The molecule has 0 rings (SSSR count). The molecule has 1 unspecified atom stereocenters. The van der Waals surface area contributed by atoms with Crippen LogP contribution in [-0.2, 0) is 4.74 Å². The van der Waals surface area contributed by atoms with Gasteiger partial charge in [0.2, 0.25) is 0 Å². The van der Waals surface area contributed by atoms with Crippen LogP contribution in [0.3, 0.4) is 0 Å². The zero-order valence-corrected chi connectivity index (χ0v) is 7.68. The average Bonchev–Trinajstić information content (AvgIpc) is 2.05. The Labute approximate surface area is 69.6 Å². The Morgan fingerprint density at radius 2 is 2.00 bits per heavy atom. The van der Waals surface area contributed by atoms with E-state index in [9.17, 15) is 0 Å². The second kappa shape index (κ2) is 8.02. The van der Waals surface area contributed by atoms with Gasteiger partial charge >= 0.3 is 0 Å². The topological polar surface area (TPSA) is 29.5 Å². The summed E-state index contributed by atoms with van der Waals surface area (Å²) in [6.07, 6.45) is 3.12. The summed E-state index contributed by atoms with van der Waals surface area (Å²) in [5.74, 6) is 0.437. The van der Waals surface area contributed by atoms with Crippen LogP contribution in [0.15, 0.2) is 0 Å². The summed E-state index contributed by atoms with van der Waals surface area (Å²) in [4.78, 5) is 0. The molecule has 2 heteroatoms. The normalized spacial score (nSPS) is 13.4. The molecule has 0 saturated carbocycles. The molecule has 0 fully saturated rings. The van der Waals surface area contributed by atoms with Crippen LogP contribution >= 0.6 is 0 Å². The zero-order valence-electron chi connectivity index (χ0n) is 7.68. The molecule has 0 spiro atoms. The van der Waals surface area contributed by atoms with Gasteiger partial charge in [-0.3, -0.25) is 0 Å². The SMILES string of the molecule is CCCOCCC(CC)CO. The number of aliphatic hydroxyl groups is 1. The predicted octanol–water partition coefficient (Wildman–Crippen LogP) is 1.82. The Morgan fingerprint density at radius 1 is 1.27 bits per heavy atom. The van der Waals surface area contributed by atoms with Gasteiger partial charge in [-0.1, -0.05) is 20.3 Å². The van der Waals surface area contributed by atoms with Gasteiger partial charge in [0.05, 0.1) is 0 Å². The molecule has 11 heavy (non-hydrogen) atoms. The minimum absolute atomic E-state index is 0.298. The molecule has 0 aliphatic carbocycles. The average molecular weight is 160 g/mol. The van der Waals surface area contributed by atoms with E-state index >= 15 is 0 Å². The van der Waals surface area contributed by atoms with Crippen LogP contribution in [0.1, 0.15) is 33.1 Å². The second-order valence-electron chi connectivity index (χ2n) is 2.86. The van der Waals surface area contributed by atoms with Gasteiger partial charge in [0, 0.05) is 19.8 Å². The number of hydrogen-bond acceptors (Lipinski definition) is 2. The van der Waals surface area contributed by atoms with Gasteiger partial charge < -0.3 is 9.84 Å². The molecule has 0 aliphatic heterocycles. The molecule has 0 radical (unpaired) electrons. The van der Waals surface area contributed by atoms with Gasteiger partial charge in [-0.15, -0.1) is 0 Å². The van der Waals surface area contributed by atoms with Crippen molar-refractivity contribution in [2.75, 3.05) is 19.8 Å². The molecule has 0 heterocycles. The van der Waals surface area contributed by atoms with E-state index in [1.54, 1.807) is 0 Å². The van der Waals surface area contributed by atoms with Gasteiger partial charge in [0.1, 0.15) is 0 Å². The molecule has 0 aromatic rings. The number of hydrogen-bond donors (Lipinski definition) is 1. The largest absolute Gasteiger partial charge is 0.396 e. The van der Waals surface area contributed by atoms with Crippen LogP contribution in [0.5, 0.6) is 0 Å². The minimum atomic E-state index is 0.298. The quantitative estimate of drug-likeness (QED) is 0.576. The van der Waals surface area contributed by atoms with Crippen molar-refractivity contribution in [2.24, 2.45) is 5.92 Å². The molecule has 0 aliphatic rings. The lowest BCUT2D eigenvalue weighted by Gasteiger charge is -2.10. The van der Waals surface area contributed by atoms with E-state index in [2.05, 4.69) is 13.8 Å². The molecular formula is C9H20O2. The highest BCUT2D eigenvalue weighted by Crippen LogP contribution is 2.06. The van der Waals surface area contributed by atoms with Crippen molar-refractivity contribution >= 4 is 0 Å². The fourth-order valence-electron chi connectivity index (χ4n) is 0.921. The molecule has 0 amide bonds. The van der Waals surface area contributed by atoms with E-state index in [0.717, 1.165) is 32.5 Å². The van der Waals surface area contributed by atoms with Crippen molar-refractivity contribution < 1.29 is 9.84 Å². The summed E-state index contributed by atoms with van der Waals surface area (Å²) < 4.78 is 5.31. The highest BCUT2D eigenvalue weighted by molar-refractivity contribution is 4.53. The predicted molar refractivity (Wildman–Crippen MR) is 46.6 cm³/mol. The van der Waals surface area contributed by atoms with Crippen molar-refractivity contribution in [1.29, 1.82) is 0 Å². The van der Waals surface area contributed by atoms with E-state index in [1.165, 1.54) is 0 Å². The smallest absolute Gasteiger partial charge is 0.0469 e. The summed E-state index contributed by atoms with van der Waals surface area (Å²) in [5, 5.41) is 8.83. The first kappa shape index (κ1) is 10.9. The van der Waals surface area contributed by atoms with Crippen molar-refractivity contribution in [3.63, 3.8) is 0 Å². The molecule has 0 saturated heterocycles. The van der Waals surface area contributed by atoms with E-state index in [-0.39, 0.29) is 0 Å². The summed E-state index contributed by atoms with van der Waals surface area (Å²) in [6, 6.07) is 0. The molecule has 68 valence electrons. The number of rotatable bonds is 7. The second-order valence-corrected chi connectivity index (χ2v) is 2.86. The van der Waals surface area contributed by atoms with Crippen LogP contribution in [0.4, 0.5) is 0 Å². The Hall–Kier alpha value is -0.0800. The van der Waals surface area contributed by atoms with Crippen molar-refractivity contribution in [3.05, 3.63) is 0 Å². The first-order valence-corrected chi connectivity index (χ1v) is 4.53. The highest BCUT2D eigenvalue weighted by Gasteiger charge is 2.02. The lowest BCUT2D eigenvalue weighted by Crippen LogP contribution is -2.08. The van der Waals surface area contributed by atoms with Gasteiger partial charge in [0.15, 0.2) is 0 Å². The van der Waals surface area contributed by atoms with Gasteiger partial charge in [-0.25, -0.2) is 0 Å². The standard InChI is InChI=1S/C9H20O2/c1-3-6-11-7-5-9(4-2)8-10/h9-10H,3-8H2,1-2H3. The summed E-state index contributed by atoms with van der Waals surface area (Å²) in [6.45, 7) is 6.14. The molecule has 0 aromatic carbocycles. The number of aliphatic hydroxyl groups excluding tert-OH is 1. The monoisotopic (exact) mass is 160 g/mol. The summed E-state index contributed by atoms with van der Waals surface area (Å²) >= 11 is 0. The molecule has 0 bridgehead atoms.